The molecule has 0 spiro atoms. The Balaban J connectivity index is 1.73. The molecule has 1 heterocycles. The molecular formula is C20H20N4O. The summed E-state index contributed by atoms with van der Waals surface area (Å²) in [4.78, 5) is 9.22. The molecule has 5 nitrogen and oxygen atoms in total. The van der Waals surface area contributed by atoms with Crippen LogP contribution in [0.3, 0.4) is 0 Å². The Morgan fingerprint density at radius 1 is 1.12 bits per heavy atom. The van der Waals surface area contributed by atoms with Crippen molar-refractivity contribution in [3.05, 3.63) is 59.8 Å². The summed E-state index contributed by atoms with van der Waals surface area (Å²) in [7, 11) is 0. The molecular weight excluding hydrogens is 312 g/mol. The van der Waals surface area contributed by atoms with E-state index < -0.39 is 6.10 Å². The second-order valence-corrected chi connectivity index (χ2v) is 5.79. The number of para-hydroxylation sites is 2. The molecule has 1 N–H and O–H groups in total. The molecule has 0 amide bonds. The average Bonchev–Trinajstić information content (AvgIpc) is 2.64. The Morgan fingerprint density at radius 2 is 1.88 bits per heavy atom. The molecule has 0 aliphatic rings. The van der Waals surface area contributed by atoms with E-state index in [2.05, 4.69) is 21.4 Å². The number of nitrogens with zero attached hydrogens (tertiary/aromatic N) is 3. The molecule has 0 aliphatic heterocycles. The monoisotopic (exact) mass is 332 g/mol. The van der Waals surface area contributed by atoms with Crippen LogP contribution in [0.15, 0.2) is 48.5 Å². The molecule has 126 valence electrons. The Labute approximate surface area is 147 Å². The third-order valence-corrected chi connectivity index (χ3v) is 3.90. The molecule has 25 heavy (non-hydrogen) atoms. The Morgan fingerprint density at radius 3 is 2.60 bits per heavy atom. The smallest absolute Gasteiger partial charge is 0.184 e. The normalized spacial score (nSPS) is 11.7. The Hall–Kier alpha value is -3.13. The quantitative estimate of drug-likeness (QED) is 0.731. The summed E-state index contributed by atoms with van der Waals surface area (Å²) in [5, 5.41) is 12.4. The number of nitrogens with one attached hydrogen (secondary N) is 1. The molecule has 0 radical (unpaired) electrons. The lowest BCUT2D eigenvalue weighted by Crippen LogP contribution is -2.12. The van der Waals surface area contributed by atoms with Gasteiger partial charge in [-0.15, -0.1) is 0 Å². The predicted molar refractivity (Wildman–Crippen MR) is 98.4 cm³/mol. The van der Waals surface area contributed by atoms with Crippen LogP contribution in [-0.2, 0) is 6.54 Å². The minimum atomic E-state index is -0.420. The van der Waals surface area contributed by atoms with Crippen molar-refractivity contribution >= 4 is 16.9 Å². The molecule has 0 saturated carbocycles. The third kappa shape index (κ3) is 4.04. The molecule has 0 bridgehead atoms. The van der Waals surface area contributed by atoms with Gasteiger partial charge in [0.15, 0.2) is 6.10 Å². The van der Waals surface area contributed by atoms with Crippen LogP contribution >= 0.6 is 0 Å². The zero-order chi connectivity index (χ0) is 17.6. The third-order valence-electron chi connectivity index (χ3n) is 3.90. The lowest BCUT2D eigenvalue weighted by Gasteiger charge is -2.12. The first-order chi connectivity index (χ1) is 12.2. The number of rotatable bonds is 6. The van der Waals surface area contributed by atoms with Crippen molar-refractivity contribution in [3.63, 3.8) is 0 Å². The van der Waals surface area contributed by atoms with Crippen LogP contribution in [0.25, 0.3) is 11.0 Å². The highest BCUT2D eigenvalue weighted by atomic mass is 16.5. The van der Waals surface area contributed by atoms with Gasteiger partial charge in [0.1, 0.15) is 17.6 Å². The van der Waals surface area contributed by atoms with E-state index in [0.717, 1.165) is 28.1 Å². The zero-order valence-electron chi connectivity index (χ0n) is 14.4. The molecule has 1 aromatic heterocycles. The maximum Gasteiger partial charge on any atom is 0.184 e. The van der Waals surface area contributed by atoms with Crippen LogP contribution in [0, 0.1) is 18.3 Å². The van der Waals surface area contributed by atoms with E-state index in [1.54, 1.807) is 0 Å². The zero-order valence-corrected chi connectivity index (χ0v) is 14.4. The van der Waals surface area contributed by atoms with E-state index in [-0.39, 0.29) is 0 Å². The van der Waals surface area contributed by atoms with E-state index in [0.29, 0.717) is 18.7 Å². The van der Waals surface area contributed by atoms with Crippen molar-refractivity contribution in [1.82, 2.24) is 9.97 Å². The first-order valence-corrected chi connectivity index (χ1v) is 8.32. The summed E-state index contributed by atoms with van der Waals surface area (Å²) in [5.41, 5.74) is 3.68. The number of ether oxygens (including phenoxy) is 1. The highest BCUT2D eigenvalue weighted by Crippen LogP contribution is 2.19. The lowest BCUT2D eigenvalue weighted by atomic mass is 10.2. The van der Waals surface area contributed by atoms with Gasteiger partial charge in [-0.25, -0.2) is 9.97 Å². The summed E-state index contributed by atoms with van der Waals surface area (Å²) < 4.78 is 5.67. The van der Waals surface area contributed by atoms with Gasteiger partial charge in [0.05, 0.1) is 16.7 Å². The van der Waals surface area contributed by atoms with Crippen molar-refractivity contribution in [2.75, 3.05) is 5.32 Å². The maximum absolute atomic E-state index is 9.02. The highest BCUT2D eigenvalue weighted by Gasteiger charge is 2.08. The fraction of sp³-hybridized carbons (Fsp3) is 0.250. The van der Waals surface area contributed by atoms with Gasteiger partial charge in [-0.05, 0) is 43.2 Å². The molecule has 0 aliphatic carbocycles. The lowest BCUT2D eigenvalue weighted by molar-refractivity contribution is 0.251. The summed E-state index contributed by atoms with van der Waals surface area (Å²) in [6, 6.07) is 17.7. The highest BCUT2D eigenvalue weighted by molar-refractivity contribution is 5.76. The number of benzene rings is 2. The molecule has 1 atom stereocenters. The summed E-state index contributed by atoms with van der Waals surface area (Å²) >= 11 is 0. The fourth-order valence-corrected chi connectivity index (χ4v) is 2.54. The first-order valence-electron chi connectivity index (χ1n) is 8.32. The van der Waals surface area contributed by atoms with E-state index in [1.807, 2.05) is 62.4 Å². The molecule has 0 saturated heterocycles. The number of fused-ring (bicyclic) bond motifs is 1. The number of aromatic nitrogens is 2. The minimum absolute atomic E-state index is 0.420. The van der Waals surface area contributed by atoms with E-state index in [4.69, 9.17) is 10.00 Å². The molecule has 1 unspecified atom stereocenters. The second kappa shape index (κ2) is 7.63. The van der Waals surface area contributed by atoms with Crippen LogP contribution < -0.4 is 10.1 Å². The largest absolute Gasteiger partial charge is 0.476 e. The van der Waals surface area contributed by atoms with Crippen molar-refractivity contribution in [1.29, 1.82) is 5.26 Å². The predicted octanol–water partition coefficient (Wildman–Crippen LogP) is 4.23. The Bertz CT molecular complexity index is 917. The van der Waals surface area contributed by atoms with Gasteiger partial charge in [0.25, 0.3) is 0 Å². The van der Waals surface area contributed by atoms with Crippen LogP contribution in [0.2, 0.25) is 0 Å². The molecule has 5 heteroatoms. The van der Waals surface area contributed by atoms with Crippen LogP contribution in [-0.4, -0.2) is 16.1 Å². The second-order valence-electron chi connectivity index (χ2n) is 5.79. The number of aryl methyl sites for hydroxylation is 1. The number of hydrogen-bond donors (Lipinski definition) is 1. The van der Waals surface area contributed by atoms with Gasteiger partial charge in [-0.2, -0.15) is 5.26 Å². The summed E-state index contributed by atoms with van der Waals surface area (Å²) in [6.45, 7) is 4.48. The molecule has 0 fully saturated rings. The van der Waals surface area contributed by atoms with Gasteiger partial charge >= 0.3 is 0 Å². The fourth-order valence-electron chi connectivity index (χ4n) is 2.54. The van der Waals surface area contributed by atoms with Crippen molar-refractivity contribution < 1.29 is 4.74 Å². The minimum Gasteiger partial charge on any atom is -0.476 e. The van der Waals surface area contributed by atoms with Gasteiger partial charge in [-0.1, -0.05) is 31.2 Å². The van der Waals surface area contributed by atoms with Crippen LogP contribution in [0.1, 0.15) is 24.6 Å². The van der Waals surface area contributed by atoms with E-state index in [1.165, 1.54) is 0 Å². The number of hydrogen-bond acceptors (Lipinski definition) is 5. The van der Waals surface area contributed by atoms with Crippen molar-refractivity contribution in [3.8, 4) is 11.8 Å². The maximum atomic E-state index is 9.02. The van der Waals surface area contributed by atoms with Gasteiger partial charge in [0.2, 0.25) is 0 Å². The van der Waals surface area contributed by atoms with Crippen LogP contribution in [0.5, 0.6) is 5.75 Å². The van der Waals surface area contributed by atoms with Gasteiger partial charge in [-0.3, -0.25) is 0 Å². The SMILES string of the molecule is CCC(C#N)Oc1cccc(CNc2nc3ccccc3nc2C)c1. The van der Waals surface area contributed by atoms with Gasteiger partial charge < -0.3 is 10.1 Å². The van der Waals surface area contributed by atoms with E-state index >= 15 is 0 Å². The Kier molecular flexibility index (Phi) is 5.10. The standard InChI is InChI=1S/C20H20N4O/c1-3-16(12-21)25-17-8-6-7-15(11-17)13-22-20-14(2)23-18-9-4-5-10-19(18)24-20/h4-11,16H,3,13H2,1-2H3,(H,22,24). The molecule has 2 aromatic carbocycles. The topological polar surface area (TPSA) is 70.8 Å². The number of anilines is 1. The van der Waals surface area contributed by atoms with Crippen molar-refractivity contribution in [2.45, 2.75) is 32.9 Å². The first kappa shape index (κ1) is 16.7. The molecule has 3 rings (SSSR count). The number of nitriles is 1. The van der Waals surface area contributed by atoms with Crippen molar-refractivity contribution in [2.24, 2.45) is 0 Å². The van der Waals surface area contributed by atoms with Gasteiger partial charge in [0, 0.05) is 6.54 Å². The average molecular weight is 332 g/mol. The molecule has 3 aromatic rings. The van der Waals surface area contributed by atoms with E-state index in [9.17, 15) is 0 Å². The summed E-state index contributed by atoms with van der Waals surface area (Å²) in [6.07, 6.45) is 0.238. The van der Waals surface area contributed by atoms with Crippen LogP contribution in [0.4, 0.5) is 5.82 Å². The summed E-state index contributed by atoms with van der Waals surface area (Å²) in [5.74, 6) is 1.47.